The summed E-state index contributed by atoms with van der Waals surface area (Å²) in [5, 5.41) is 11.9. The van der Waals surface area contributed by atoms with E-state index in [0.717, 1.165) is 6.08 Å². The average molecular weight is 402 g/mol. The first-order chi connectivity index (χ1) is 12.1. The third kappa shape index (κ3) is 3.39. The zero-order valence-electron chi connectivity index (χ0n) is 13.2. The van der Waals surface area contributed by atoms with Crippen LogP contribution in [0.15, 0.2) is 35.9 Å². The molecule has 0 saturated carbocycles. The summed E-state index contributed by atoms with van der Waals surface area (Å²) in [6, 6.07) is 7.68. The van der Waals surface area contributed by atoms with E-state index in [1.165, 1.54) is 12.1 Å². The predicted molar refractivity (Wildman–Crippen MR) is 90.1 cm³/mol. The molecule has 0 amide bonds. The van der Waals surface area contributed by atoms with Crippen molar-refractivity contribution in [3.8, 4) is 16.9 Å². The van der Waals surface area contributed by atoms with Crippen molar-refractivity contribution in [3.05, 3.63) is 57.1 Å². The number of aryl methyl sites for hydroxylation is 1. The van der Waals surface area contributed by atoms with Gasteiger partial charge in [-0.05, 0) is 48.4 Å². The smallest absolute Gasteiger partial charge is 0.429 e. The van der Waals surface area contributed by atoms with Crippen LogP contribution in [0.5, 0.6) is 5.75 Å². The summed E-state index contributed by atoms with van der Waals surface area (Å²) in [7, 11) is 0. The van der Waals surface area contributed by atoms with Crippen LogP contribution in [-0.4, -0.2) is 18.2 Å². The Hall–Kier alpha value is -2.18. The van der Waals surface area contributed by atoms with Gasteiger partial charge in [-0.15, -0.1) is 0 Å². The minimum absolute atomic E-state index is 0.108. The molecule has 0 fully saturated rings. The molecule has 0 aromatic heterocycles. The molecule has 0 aliphatic carbocycles. The molecule has 1 aliphatic heterocycles. The molecule has 2 aromatic rings. The van der Waals surface area contributed by atoms with Gasteiger partial charge in [0.15, 0.2) is 0 Å². The molecule has 0 N–H and O–H groups in total. The van der Waals surface area contributed by atoms with Gasteiger partial charge < -0.3 is 14.6 Å². The van der Waals surface area contributed by atoms with Crippen molar-refractivity contribution in [2.24, 2.45) is 0 Å². The molecule has 26 heavy (non-hydrogen) atoms. The van der Waals surface area contributed by atoms with Gasteiger partial charge in [0, 0.05) is 26.7 Å². The van der Waals surface area contributed by atoms with Crippen molar-refractivity contribution in [2.45, 2.75) is 19.2 Å². The Labute approximate surface area is 156 Å². The van der Waals surface area contributed by atoms with Gasteiger partial charge >= 0.3 is 6.18 Å². The number of alkyl halides is 3. The normalized spacial score (nSPS) is 16.5. The van der Waals surface area contributed by atoms with Gasteiger partial charge in [0.2, 0.25) is 6.10 Å². The molecule has 3 nitrogen and oxygen atoms in total. The van der Waals surface area contributed by atoms with Crippen molar-refractivity contribution >= 4 is 35.2 Å². The van der Waals surface area contributed by atoms with Crippen LogP contribution in [0.3, 0.4) is 0 Å². The highest BCUT2D eigenvalue weighted by atomic mass is 35.5. The number of rotatable bonds is 2. The quantitative estimate of drug-likeness (QED) is 0.747. The number of carboxylic acid groups (broad SMARTS) is 1. The van der Waals surface area contributed by atoms with Crippen LogP contribution >= 0.6 is 23.2 Å². The first kappa shape index (κ1) is 18.6. The zero-order chi connectivity index (χ0) is 19.2. The van der Waals surface area contributed by atoms with E-state index in [4.69, 9.17) is 27.9 Å². The van der Waals surface area contributed by atoms with Crippen molar-refractivity contribution in [2.75, 3.05) is 0 Å². The van der Waals surface area contributed by atoms with Crippen LogP contribution in [0.1, 0.15) is 11.1 Å². The summed E-state index contributed by atoms with van der Waals surface area (Å²) < 4.78 is 44.9. The van der Waals surface area contributed by atoms with E-state index < -0.39 is 23.8 Å². The lowest BCUT2D eigenvalue weighted by Crippen LogP contribution is -2.44. The molecular formula is C18H10Cl2F3O3-. The summed E-state index contributed by atoms with van der Waals surface area (Å²) in [5.41, 5.74) is 0.671. The summed E-state index contributed by atoms with van der Waals surface area (Å²) in [4.78, 5) is 11.1. The van der Waals surface area contributed by atoms with Gasteiger partial charge in [-0.2, -0.15) is 13.2 Å². The van der Waals surface area contributed by atoms with E-state index in [1.54, 1.807) is 25.1 Å². The standard InChI is InChI=1S/C18H11Cl2F3O3/c1-8-4-9(2-3-14(8)20)12-7-11(19)5-10-6-13(17(24)25)16(18(21,22)23)26-15(10)12/h2-7,16H,1H3,(H,24,25)/p-1. The highest BCUT2D eigenvalue weighted by Gasteiger charge is 2.47. The molecule has 1 heterocycles. The van der Waals surface area contributed by atoms with Gasteiger partial charge in [0.1, 0.15) is 5.75 Å². The fourth-order valence-electron chi connectivity index (χ4n) is 2.71. The maximum Gasteiger partial charge on any atom is 0.429 e. The van der Waals surface area contributed by atoms with Crippen molar-refractivity contribution < 1.29 is 27.8 Å². The van der Waals surface area contributed by atoms with Gasteiger partial charge in [0.25, 0.3) is 0 Å². The number of hydrogen-bond donors (Lipinski definition) is 0. The number of carboxylic acids is 1. The summed E-state index contributed by atoms with van der Waals surface area (Å²) in [6.45, 7) is 1.75. The molecule has 1 atom stereocenters. The number of halogens is 5. The number of ether oxygens (including phenoxy) is 1. The zero-order valence-corrected chi connectivity index (χ0v) is 14.7. The van der Waals surface area contributed by atoms with Crippen molar-refractivity contribution in [1.82, 2.24) is 0 Å². The summed E-state index contributed by atoms with van der Waals surface area (Å²) >= 11 is 12.1. The second-order valence-corrected chi connectivity index (χ2v) is 6.61. The summed E-state index contributed by atoms with van der Waals surface area (Å²) in [6.07, 6.45) is -6.67. The van der Waals surface area contributed by atoms with Crippen LogP contribution in [-0.2, 0) is 4.79 Å². The van der Waals surface area contributed by atoms with Gasteiger partial charge in [-0.25, -0.2) is 0 Å². The van der Waals surface area contributed by atoms with Crippen LogP contribution in [0, 0.1) is 6.92 Å². The minimum atomic E-state index is -4.92. The van der Waals surface area contributed by atoms with E-state index in [-0.39, 0.29) is 16.3 Å². The van der Waals surface area contributed by atoms with Crippen LogP contribution in [0.2, 0.25) is 10.0 Å². The topological polar surface area (TPSA) is 49.4 Å². The highest BCUT2D eigenvalue weighted by molar-refractivity contribution is 6.32. The Morgan fingerprint density at radius 3 is 2.46 bits per heavy atom. The lowest BCUT2D eigenvalue weighted by atomic mass is 9.95. The molecule has 2 aromatic carbocycles. The molecular weight excluding hydrogens is 392 g/mol. The summed E-state index contributed by atoms with van der Waals surface area (Å²) in [5.74, 6) is -2.06. The Balaban J connectivity index is 2.24. The Kier molecular flexibility index (Phi) is 4.67. The first-order valence-electron chi connectivity index (χ1n) is 7.34. The molecule has 0 spiro atoms. The maximum absolute atomic E-state index is 13.3. The lowest BCUT2D eigenvalue weighted by molar-refractivity contribution is -0.302. The van der Waals surface area contributed by atoms with Gasteiger partial charge in [-0.1, -0.05) is 29.3 Å². The largest absolute Gasteiger partial charge is 0.545 e. The number of carbonyl (C=O) groups excluding carboxylic acids is 1. The monoisotopic (exact) mass is 401 g/mol. The lowest BCUT2D eigenvalue weighted by Gasteiger charge is -2.30. The Morgan fingerprint density at radius 2 is 1.88 bits per heavy atom. The number of carbonyl (C=O) groups is 1. The molecule has 1 unspecified atom stereocenters. The van der Waals surface area contributed by atoms with Crippen molar-refractivity contribution in [1.29, 1.82) is 0 Å². The molecule has 3 rings (SSSR count). The van der Waals surface area contributed by atoms with Gasteiger partial charge in [-0.3, -0.25) is 0 Å². The SMILES string of the molecule is Cc1cc(-c2cc(Cl)cc3c2OC(C(F)(F)F)C(C(=O)[O-])=C3)ccc1Cl. The number of fused-ring (bicyclic) bond motifs is 1. The Bertz CT molecular complexity index is 936. The van der Waals surface area contributed by atoms with E-state index in [1.807, 2.05) is 0 Å². The average Bonchev–Trinajstić information content (AvgIpc) is 2.54. The fraction of sp³-hybridized carbons (Fsp3) is 0.167. The maximum atomic E-state index is 13.3. The number of benzene rings is 2. The fourth-order valence-corrected chi connectivity index (χ4v) is 3.06. The minimum Gasteiger partial charge on any atom is -0.545 e. The number of hydrogen-bond acceptors (Lipinski definition) is 3. The molecule has 136 valence electrons. The van der Waals surface area contributed by atoms with Crippen LogP contribution in [0.4, 0.5) is 13.2 Å². The van der Waals surface area contributed by atoms with E-state index in [2.05, 4.69) is 0 Å². The highest BCUT2D eigenvalue weighted by Crippen LogP contribution is 2.44. The van der Waals surface area contributed by atoms with Crippen LogP contribution in [0.25, 0.3) is 17.2 Å². The second kappa shape index (κ2) is 6.52. The number of aliphatic carboxylic acids is 1. The van der Waals surface area contributed by atoms with E-state index >= 15 is 0 Å². The van der Waals surface area contributed by atoms with Crippen LogP contribution < -0.4 is 9.84 Å². The van der Waals surface area contributed by atoms with E-state index in [9.17, 15) is 23.1 Å². The second-order valence-electron chi connectivity index (χ2n) is 5.76. The molecule has 0 saturated heterocycles. The van der Waals surface area contributed by atoms with E-state index in [0.29, 0.717) is 21.7 Å². The molecule has 0 bridgehead atoms. The third-order valence-electron chi connectivity index (χ3n) is 3.91. The molecule has 8 heteroatoms. The van der Waals surface area contributed by atoms with Gasteiger partial charge in [0.05, 0.1) is 5.97 Å². The molecule has 1 aliphatic rings. The van der Waals surface area contributed by atoms with Crippen molar-refractivity contribution in [3.63, 3.8) is 0 Å². The third-order valence-corrected chi connectivity index (χ3v) is 4.56. The first-order valence-corrected chi connectivity index (χ1v) is 8.10. The Morgan fingerprint density at radius 1 is 1.19 bits per heavy atom. The predicted octanol–water partition coefficient (Wildman–Crippen LogP) is 4.43. The molecule has 0 radical (unpaired) electrons.